The Morgan fingerprint density at radius 1 is 1.21 bits per heavy atom. The molecule has 33 heavy (non-hydrogen) atoms. The van der Waals surface area contributed by atoms with Crippen molar-refractivity contribution in [3.8, 4) is 0 Å². The summed E-state index contributed by atoms with van der Waals surface area (Å²) in [5.74, 6) is 0.878. The molecule has 0 amide bonds. The van der Waals surface area contributed by atoms with Crippen molar-refractivity contribution in [2.75, 3.05) is 0 Å². The third-order valence-electron chi connectivity index (χ3n) is 8.51. The van der Waals surface area contributed by atoms with Crippen molar-refractivity contribution in [3.05, 3.63) is 71.4 Å². The van der Waals surface area contributed by atoms with Crippen molar-refractivity contribution in [2.45, 2.75) is 96.9 Å². The van der Waals surface area contributed by atoms with E-state index in [2.05, 4.69) is 50.8 Å². The number of hydrogen-bond donors (Lipinski definition) is 3. The van der Waals surface area contributed by atoms with Crippen LogP contribution in [0.15, 0.2) is 71.4 Å². The minimum Gasteiger partial charge on any atom is -0.393 e. The second-order valence-electron chi connectivity index (χ2n) is 10.6. The quantitative estimate of drug-likeness (QED) is 0.312. The molecule has 0 bridgehead atoms. The predicted molar refractivity (Wildman–Crippen MR) is 138 cm³/mol. The van der Waals surface area contributed by atoms with Gasteiger partial charge in [0.15, 0.2) is 0 Å². The van der Waals surface area contributed by atoms with Crippen LogP contribution in [0.5, 0.6) is 0 Å². The molecule has 0 heterocycles. The second-order valence-corrected chi connectivity index (χ2v) is 10.6. The van der Waals surface area contributed by atoms with Gasteiger partial charge in [-0.15, -0.1) is 0 Å². The largest absolute Gasteiger partial charge is 0.393 e. The van der Waals surface area contributed by atoms with Crippen LogP contribution in [-0.4, -0.2) is 33.1 Å². The Kier molecular flexibility index (Phi) is 8.42. The van der Waals surface area contributed by atoms with Crippen molar-refractivity contribution < 1.29 is 15.3 Å². The first-order valence-electron chi connectivity index (χ1n) is 12.9. The molecule has 3 nitrogen and oxygen atoms in total. The molecule has 3 N–H and O–H groups in total. The van der Waals surface area contributed by atoms with E-state index in [0.717, 1.165) is 36.8 Å². The van der Waals surface area contributed by atoms with Crippen molar-refractivity contribution in [1.82, 2.24) is 0 Å². The summed E-state index contributed by atoms with van der Waals surface area (Å²) in [6.45, 7) is 12.8. The first-order valence-corrected chi connectivity index (χ1v) is 12.9. The van der Waals surface area contributed by atoms with E-state index >= 15 is 0 Å². The molecule has 0 aliphatic heterocycles. The van der Waals surface area contributed by atoms with Crippen molar-refractivity contribution in [1.29, 1.82) is 0 Å². The highest BCUT2D eigenvalue weighted by Crippen LogP contribution is 2.56. The van der Waals surface area contributed by atoms with Crippen LogP contribution >= 0.6 is 0 Å². The molecule has 3 aliphatic rings. The molecule has 5 atom stereocenters. The second kappa shape index (κ2) is 10.7. The zero-order valence-electron chi connectivity index (χ0n) is 21.1. The van der Waals surface area contributed by atoms with E-state index < -0.39 is 17.8 Å². The summed E-state index contributed by atoms with van der Waals surface area (Å²) in [5, 5.41) is 30.7. The average molecular weight is 453 g/mol. The first kappa shape index (κ1) is 25.9. The van der Waals surface area contributed by atoms with Gasteiger partial charge in [-0.1, -0.05) is 88.0 Å². The van der Waals surface area contributed by atoms with Crippen molar-refractivity contribution in [3.63, 3.8) is 0 Å². The SMILES string of the molecule is C=C1/C(=C/C=C2\CCC[C@]3(C)C([C@H](C)/C=C/C=C/C(O)(CC)CC)=CC[C@@H]23)C[C@@H](O)C[C@@H]1O. The predicted octanol–water partition coefficient (Wildman–Crippen LogP) is 6.35. The van der Waals surface area contributed by atoms with E-state index in [1.807, 2.05) is 26.0 Å². The Bertz CT molecular complexity index is 867. The van der Waals surface area contributed by atoms with Gasteiger partial charge in [0.2, 0.25) is 0 Å². The molecule has 0 aromatic rings. The van der Waals surface area contributed by atoms with Crippen LogP contribution in [0, 0.1) is 17.3 Å². The Morgan fingerprint density at radius 3 is 2.64 bits per heavy atom. The van der Waals surface area contributed by atoms with Gasteiger partial charge in [-0.05, 0) is 73.3 Å². The lowest BCUT2D eigenvalue weighted by molar-refractivity contribution is 0.0827. The maximum Gasteiger partial charge on any atom is 0.0825 e. The lowest BCUT2D eigenvalue weighted by Crippen LogP contribution is -2.32. The summed E-state index contributed by atoms with van der Waals surface area (Å²) in [7, 11) is 0. The Morgan fingerprint density at radius 2 is 1.94 bits per heavy atom. The van der Waals surface area contributed by atoms with Crippen LogP contribution in [0.2, 0.25) is 0 Å². The van der Waals surface area contributed by atoms with Crippen LogP contribution in [-0.2, 0) is 0 Å². The maximum absolute atomic E-state index is 10.4. The number of aliphatic hydroxyl groups excluding tert-OH is 2. The van der Waals surface area contributed by atoms with Gasteiger partial charge in [-0.3, -0.25) is 0 Å². The molecular weight excluding hydrogens is 408 g/mol. The van der Waals surface area contributed by atoms with Crippen LogP contribution < -0.4 is 0 Å². The minimum absolute atomic E-state index is 0.173. The molecular formula is C30H44O3. The number of rotatable bonds is 7. The topological polar surface area (TPSA) is 60.7 Å². The molecule has 0 saturated heterocycles. The Labute approximate surface area is 201 Å². The summed E-state index contributed by atoms with van der Waals surface area (Å²) < 4.78 is 0. The fraction of sp³-hybridized carbons (Fsp3) is 0.600. The van der Waals surface area contributed by atoms with Crippen LogP contribution in [0.25, 0.3) is 0 Å². The summed E-state index contributed by atoms with van der Waals surface area (Å²) >= 11 is 0. The number of aliphatic hydroxyl groups is 3. The van der Waals surface area contributed by atoms with Crippen LogP contribution in [0.3, 0.4) is 0 Å². The zero-order chi connectivity index (χ0) is 24.2. The van der Waals surface area contributed by atoms with Gasteiger partial charge in [-0.25, -0.2) is 0 Å². The van der Waals surface area contributed by atoms with Crippen LogP contribution in [0.1, 0.15) is 79.1 Å². The van der Waals surface area contributed by atoms with E-state index in [1.165, 1.54) is 24.0 Å². The van der Waals surface area contributed by atoms with Gasteiger partial charge >= 0.3 is 0 Å². The highest BCUT2D eigenvalue weighted by molar-refractivity contribution is 5.40. The standard InChI is InChI=1S/C30H44O3/c1-6-30(33,7-2)18-9-8-11-21(3)26-15-16-27-23(12-10-17-29(26,27)5)13-14-24-19-25(31)20-28(32)22(24)4/h8-9,11,13-15,18,21,25,27-28,31-33H,4,6-7,10,12,16-17,19-20H2,1-3,5H3/b11-8+,18-9+,23-13+,24-14+/t21-,25-,27+,28+,29-/m1/s1. The molecule has 3 aliphatic carbocycles. The number of allylic oxidation sites excluding steroid dienone is 8. The smallest absolute Gasteiger partial charge is 0.0825 e. The normalized spacial score (nSPS) is 34.5. The van der Waals surface area contributed by atoms with Gasteiger partial charge < -0.3 is 15.3 Å². The first-order chi connectivity index (χ1) is 15.6. The molecule has 182 valence electrons. The minimum atomic E-state index is -0.704. The Hall–Kier alpha value is -1.68. The molecule has 0 spiro atoms. The van der Waals surface area contributed by atoms with Crippen molar-refractivity contribution in [2.24, 2.45) is 17.3 Å². The lowest BCUT2D eigenvalue weighted by Gasteiger charge is -2.42. The molecule has 2 saturated carbocycles. The van der Waals surface area contributed by atoms with E-state index in [4.69, 9.17) is 0 Å². The van der Waals surface area contributed by atoms with E-state index in [-0.39, 0.29) is 5.41 Å². The highest BCUT2D eigenvalue weighted by Gasteiger charge is 2.45. The fourth-order valence-electron chi connectivity index (χ4n) is 6.08. The van der Waals surface area contributed by atoms with Crippen molar-refractivity contribution >= 4 is 0 Å². The molecule has 0 aromatic carbocycles. The fourth-order valence-corrected chi connectivity index (χ4v) is 6.08. The van der Waals surface area contributed by atoms with Gasteiger partial charge in [0, 0.05) is 6.42 Å². The highest BCUT2D eigenvalue weighted by atomic mass is 16.3. The van der Waals surface area contributed by atoms with Gasteiger partial charge in [0.05, 0.1) is 17.8 Å². The van der Waals surface area contributed by atoms with Crippen LogP contribution in [0.4, 0.5) is 0 Å². The molecule has 0 aromatic heterocycles. The summed E-state index contributed by atoms with van der Waals surface area (Å²) in [6.07, 6.45) is 21.0. The molecule has 2 fully saturated rings. The Balaban J connectivity index is 1.73. The average Bonchev–Trinajstić information content (AvgIpc) is 3.15. The van der Waals surface area contributed by atoms with Gasteiger partial charge in [0.25, 0.3) is 0 Å². The third-order valence-corrected chi connectivity index (χ3v) is 8.51. The molecule has 0 radical (unpaired) electrons. The summed E-state index contributed by atoms with van der Waals surface area (Å²) in [5.41, 5.74) is 4.22. The molecule has 3 rings (SSSR count). The van der Waals surface area contributed by atoms with E-state index in [1.54, 1.807) is 0 Å². The maximum atomic E-state index is 10.4. The molecule has 0 unspecified atom stereocenters. The van der Waals surface area contributed by atoms with E-state index in [0.29, 0.717) is 24.7 Å². The lowest BCUT2D eigenvalue weighted by atomic mass is 9.62. The van der Waals surface area contributed by atoms with E-state index in [9.17, 15) is 15.3 Å². The number of fused-ring (bicyclic) bond motifs is 1. The summed E-state index contributed by atoms with van der Waals surface area (Å²) in [4.78, 5) is 0. The molecule has 3 heteroatoms. The monoisotopic (exact) mass is 452 g/mol. The summed E-state index contributed by atoms with van der Waals surface area (Å²) in [6, 6.07) is 0. The van der Waals surface area contributed by atoms with Gasteiger partial charge in [-0.2, -0.15) is 0 Å². The third kappa shape index (κ3) is 5.70. The number of hydrogen-bond acceptors (Lipinski definition) is 3. The van der Waals surface area contributed by atoms with Gasteiger partial charge in [0.1, 0.15) is 0 Å². The zero-order valence-corrected chi connectivity index (χ0v) is 21.1.